The Kier molecular flexibility index (Phi) is 8.22. The topological polar surface area (TPSA) is 80.7 Å². The van der Waals surface area contributed by atoms with Gasteiger partial charge in [0.1, 0.15) is 12.2 Å². The first kappa shape index (κ1) is 23.5. The maximum absolute atomic E-state index is 11.9. The molecule has 1 aliphatic carbocycles. The number of rotatable bonds is 4. The van der Waals surface area contributed by atoms with Crippen LogP contribution in [0.3, 0.4) is 0 Å². The standard InChI is InChI=1S/C15H14O5.Cl5P/c1-9-6-7-11(16)15(9)10-4-2-3-5-12(10)20-14(19)8-13(17)18;1-6(2,3,4)5/h2-5H,6-8H2,1H3,(H,17,18);. The van der Waals surface area contributed by atoms with Crippen LogP contribution in [0, 0.1) is 0 Å². The number of esters is 1. The van der Waals surface area contributed by atoms with E-state index in [-0.39, 0.29) is 11.5 Å². The Morgan fingerprint density at radius 2 is 1.65 bits per heavy atom. The van der Waals surface area contributed by atoms with Gasteiger partial charge < -0.3 is 9.84 Å². The Morgan fingerprint density at radius 3 is 2.12 bits per heavy atom. The van der Waals surface area contributed by atoms with Crippen LogP contribution >= 0.6 is 59.6 Å². The van der Waals surface area contributed by atoms with Crippen molar-refractivity contribution >= 4 is 82.9 Å². The third-order valence-electron chi connectivity index (χ3n) is 3.11. The molecule has 0 unspecified atom stereocenters. The van der Waals surface area contributed by atoms with E-state index >= 15 is 0 Å². The van der Waals surface area contributed by atoms with Crippen LogP contribution in [0.15, 0.2) is 29.8 Å². The van der Waals surface area contributed by atoms with Crippen molar-refractivity contribution in [2.24, 2.45) is 0 Å². The molecule has 1 aliphatic rings. The summed E-state index contributed by atoms with van der Waals surface area (Å²) in [7, 11) is 0. The van der Waals surface area contributed by atoms with Gasteiger partial charge in [-0.25, -0.2) is 0 Å². The van der Waals surface area contributed by atoms with Gasteiger partial charge >= 0.3 is 71.5 Å². The molecule has 0 atom stereocenters. The fraction of sp³-hybridized carbons (Fsp3) is 0.267. The van der Waals surface area contributed by atoms with Gasteiger partial charge in [-0.2, -0.15) is 0 Å². The molecule has 0 saturated carbocycles. The van der Waals surface area contributed by atoms with Gasteiger partial charge in [0, 0.05) is 17.6 Å². The van der Waals surface area contributed by atoms with E-state index in [4.69, 9.17) is 66.0 Å². The fourth-order valence-electron chi connectivity index (χ4n) is 2.21. The fourth-order valence-corrected chi connectivity index (χ4v) is 2.21. The molecule has 0 bridgehead atoms. The van der Waals surface area contributed by atoms with Crippen molar-refractivity contribution < 1.29 is 24.2 Å². The molecule has 0 spiro atoms. The van der Waals surface area contributed by atoms with Crippen molar-refractivity contribution in [3.8, 4) is 5.75 Å². The number of ether oxygens (including phenoxy) is 1. The van der Waals surface area contributed by atoms with E-state index < -0.39 is 21.7 Å². The van der Waals surface area contributed by atoms with Crippen molar-refractivity contribution in [2.45, 2.75) is 26.2 Å². The first-order valence-electron chi connectivity index (χ1n) is 7.08. The summed E-state index contributed by atoms with van der Waals surface area (Å²) in [6, 6.07) is 6.67. The van der Waals surface area contributed by atoms with Gasteiger partial charge in [0.05, 0.1) is 0 Å². The van der Waals surface area contributed by atoms with Crippen LogP contribution in [0.2, 0.25) is 0 Å². The number of hydrogen-bond donors (Lipinski definition) is 1. The van der Waals surface area contributed by atoms with E-state index in [1.807, 2.05) is 6.92 Å². The van der Waals surface area contributed by atoms with Gasteiger partial charge in [0.25, 0.3) is 0 Å². The van der Waals surface area contributed by atoms with Crippen LogP contribution in [0.5, 0.6) is 5.75 Å². The Morgan fingerprint density at radius 1 is 1.12 bits per heavy atom. The molecule has 5 nitrogen and oxygen atoms in total. The number of carbonyl (C=O) groups is 3. The molecule has 1 aromatic carbocycles. The number of halogens is 5. The number of allylic oxidation sites excluding steroid dienone is 2. The molecule has 0 aromatic heterocycles. The van der Waals surface area contributed by atoms with E-state index in [9.17, 15) is 14.4 Å². The van der Waals surface area contributed by atoms with Crippen LogP contribution in [0.25, 0.3) is 5.57 Å². The number of ketones is 1. The van der Waals surface area contributed by atoms with Crippen LogP contribution in [0.1, 0.15) is 31.7 Å². The van der Waals surface area contributed by atoms with Crippen molar-refractivity contribution in [1.82, 2.24) is 0 Å². The number of benzene rings is 1. The molecule has 11 heteroatoms. The van der Waals surface area contributed by atoms with Gasteiger partial charge in [0.15, 0.2) is 5.78 Å². The molecule has 1 N–H and O–H groups in total. The molecule has 1 aromatic rings. The van der Waals surface area contributed by atoms with Crippen molar-refractivity contribution in [1.29, 1.82) is 0 Å². The van der Waals surface area contributed by atoms with Crippen LogP contribution in [-0.4, -0.2) is 22.8 Å². The summed E-state index contributed by atoms with van der Waals surface area (Å²) in [6.07, 6.45) is 0.449. The third-order valence-corrected chi connectivity index (χ3v) is 3.11. The predicted octanol–water partition coefficient (Wildman–Crippen LogP) is 6.51. The number of aliphatic carboxylic acids is 1. The van der Waals surface area contributed by atoms with Crippen LogP contribution in [0.4, 0.5) is 0 Å². The number of hydrogen-bond acceptors (Lipinski definition) is 4. The van der Waals surface area contributed by atoms with Gasteiger partial charge in [-0.05, 0) is 19.4 Å². The Hall–Kier alpha value is -0.550. The summed E-state index contributed by atoms with van der Waals surface area (Å²) in [6.45, 7) is 1.87. The molecule has 26 heavy (non-hydrogen) atoms. The summed E-state index contributed by atoms with van der Waals surface area (Å²) < 4.78 is 1.37. The maximum atomic E-state index is 11.9. The molecule has 0 fully saturated rings. The van der Waals surface area contributed by atoms with Crippen LogP contribution < -0.4 is 4.74 Å². The van der Waals surface area contributed by atoms with Gasteiger partial charge in [0.2, 0.25) is 0 Å². The van der Waals surface area contributed by atoms with E-state index in [1.165, 1.54) is 0 Å². The number of carboxylic acid groups (broad SMARTS) is 1. The number of Topliss-reactive ketones (excluding diaryl/α,β-unsaturated/α-hetero) is 1. The van der Waals surface area contributed by atoms with E-state index in [0.29, 0.717) is 24.0 Å². The summed E-state index contributed by atoms with van der Waals surface area (Å²) in [5, 5.41) is 8.56. The van der Waals surface area contributed by atoms with Crippen molar-refractivity contribution in [3.63, 3.8) is 0 Å². The van der Waals surface area contributed by atoms with Gasteiger partial charge in [-0.3, -0.25) is 14.4 Å². The van der Waals surface area contributed by atoms with Crippen LogP contribution in [-0.2, 0) is 14.4 Å². The Balaban J connectivity index is 0.000000487. The monoisotopic (exact) mass is 480 g/mol. The van der Waals surface area contributed by atoms with E-state index in [1.54, 1.807) is 24.3 Å². The molecule has 0 heterocycles. The second-order valence-corrected chi connectivity index (χ2v) is 21.9. The first-order valence-corrected chi connectivity index (χ1v) is 13.8. The molecular weight excluding hydrogens is 468 g/mol. The molecule has 0 radical (unpaired) electrons. The third kappa shape index (κ3) is 9.40. The van der Waals surface area contributed by atoms with Gasteiger partial charge in [-0.1, -0.05) is 23.8 Å². The summed E-state index contributed by atoms with van der Waals surface area (Å²) in [5.41, 5.74) is 2.08. The number of carboxylic acids is 1. The normalized spacial score (nSPS) is 15.6. The zero-order chi connectivity index (χ0) is 20.1. The molecular formula is C15H14Cl5O5P. The second kappa shape index (κ2) is 9.09. The minimum absolute atomic E-state index is 0.0178. The molecule has 0 saturated heterocycles. The molecule has 144 valence electrons. The number of carbonyl (C=O) groups excluding carboxylic acids is 2. The minimum atomic E-state index is -3.69. The molecule has 0 amide bonds. The SMILES string of the molecule is CC1=C(c2ccccc2OC(=O)CC(=O)O)C(=O)CC1.ClP(Cl)(Cl)(Cl)Cl. The Labute approximate surface area is 174 Å². The van der Waals surface area contributed by atoms with E-state index in [0.717, 1.165) is 5.57 Å². The first-order chi connectivity index (χ1) is 11.7. The summed E-state index contributed by atoms with van der Waals surface area (Å²) >= 11 is 24.9. The quantitative estimate of drug-likeness (QED) is 0.229. The van der Waals surface area contributed by atoms with Crippen molar-refractivity contribution in [2.75, 3.05) is 0 Å². The predicted molar refractivity (Wildman–Crippen MR) is 107 cm³/mol. The zero-order valence-electron chi connectivity index (χ0n) is 13.3. The molecule has 2 rings (SSSR count). The van der Waals surface area contributed by atoms with Gasteiger partial charge in [-0.15, -0.1) is 0 Å². The summed E-state index contributed by atoms with van der Waals surface area (Å²) in [4.78, 5) is 33.8. The average molecular weight is 483 g/mol. The Bertz CT molecular complexity index is 750. The number of para-hydroxylation sites is 1. The average Bonchev–Trinajstić information content (AvgIpc) is 2.75. The van der Waals surface area contributed by atoms with Crippen molar-refractivity contribution in [3.05, 3.63) is 35.4 Å². The molecule has 0 aliphatic heterocycles. The van der Waals surface area contributed by atoms with E-state index in [2.05, 4.69) is 0 Å². The zero-order valence-corrected chi connectivity index (χ0v) is 18.0. The summed E-state index contributed by atoms with van der Waals surface area (Å²) in [5.74, 6) is -1.86. The second-order valence-electron chi connectivity index (χ2n) is 5.26.